The van der Waals surface area contributed by atoms with E-state index < -0.39 is 0 Å². The van der Waals surface area contributed by atoms with Crippen LogP contribution in [-0.2, 0) is 6.54 Å². The number of rotatable bonds is 4. The van der Waals surface area contributed by atoms with Crippen LogP contribution in [0.4, 0.5) is 0 Å². The first-order valence-electron chi connectivity index (χ1n) is 7.46. The molecule has 1 aliphatic heterocycles. The highest BCUT2D eigenvalue weighted by atomic mass is 32.1. The van der Waals surface area contributed by atoms with Crippen molar-refractivity contribution in [3.8, 4) is 11.5 Å². The van der Waals surface area contributed by atoms with Crippen molar-refractivity contribution in [3.05, 3.63) is 29.2 Å². The Bertz CT molecular complexity index is 646. The average Bonchev–Trinajstić information content (AvgIpc) is 3.09. The summed E-state index contributed by atoms with van der Waals surface area (Å²) in [4.78, 5) is 6.90. The van der Waals surface area contributed by atoms with Gasteiger partial charge in [0.1, 0.15) is 5.69 Å². The molecule has 112 valence electrons. The van der Waals surface area contributed by atoms with Gasteiger partial charge in [-0.25, -0.2) is 0 Å². The van der Waals surface area contributed by atoms with Gasteiger partial charge in [0, 0.05) is 25.3 Å². The maximum Gasteiger partial charge on any atom is 0.195 e. The van der Waals surface area contributed by atoms with Crippen LogP contribution in [0.2, 0.25) is 0 Å². The van der Waals surface area contributed by atoms with Gasteiger partial charge in [-0.05, 0) is 57.1 Å². The summed E-state index contributed by atoms with van der Waals surface area (Å²) in [5.41, 5.74) is 0.864. The molecule has 0 spiro atoms. The molecule has 0 aromatic carbocycles. The van der Waals surface area contributed by atoms with Crippen LogP contribution in [-0.4, -0.2) is 43.8 Å². The van der Waals surface area contributed by atoms with Crippen LogP contribution in [0, 0.1) is 10.7 Å². The van der Waals surface area contributed by atoms with Crippen LogP contribution in [0.25, 0.3) is 11.5 Å². The fraction of sp³-hybridized carbons (Fsp3) is 0.533. The predicted molar refractivity (Wildman–Crippen MR) is 85.5 cm³/mol. The molecule has 0 amide bonds. The lowest BCUT2D eigenvalue weighted by Gasteiger charge is -2.20. The summed E-state index contributed by atoms with van der Waals surface area (Å²) in [6.45, 7) is 7.72. The van der Waals surface area contributed by atoms with E-state index in [0.717, 1.165) is 24.6 Å². The van der Waals surface area contributed by atoms with Crippen molar-refractivity contribution >= 4 is 12.2 Å². The minimum absolute atomic E-state index is 0.614. The SMILES string of the molecule is CC(C)N1CCC(Cn2c(-c3ccccn3)n[nH]c2=S)C1. The Morgan fingerprint density at radius 2 is 2.29 bits per heavy atom. The lowest BCUT2D eigenvalue weighted by Crippen LogP contribution is -2.28. The second-order valence-corrected chi connectivity index (χ2v) is 6.31. The van der Waals surface area contributed by atoms with Crippen molar-refractivity contribution in [2.24, 2.45) is 5.92 Å². The summed E-state index contributed by atoms with van der Waals surface area (Å²) in [6.07, 6.45) is 3.00. The highest BCUT2D eigenvalue weighted by molar-refractivity contribution is 7.71. The molecule has 21 heavy (non-hydrogen) atoms. The summed E-state index contributed by atoms with van der Waals surface area (Å²) < 4.78 is 2.77. The number of pyridine rings is 1. The van der Waals surface area contributed by atoms with E-state index in [4.69, 9.17) is 12.2 Å². The van der Waals surface area contributed by atoms with Crippen LogP contribution in [0.1, 0.15) is 20.3 Å². The van der Waals surface area contributed by atoms with E-state index in [1.165, 1.54) is 13.0 Å². The normalized spacial score (nSPS) is 19.5. The van der Waals surface area contributed by atoms with Gasteiger partial charge in [-0.2, -0.15) is 5.10 Å². The fourth-order valence-corrected chi connectivity index (χ4v) is 3.12. The highest BCUT2D eigenvalue weighted by Crippen LogP contribution is 2.23. The Morgan fingerprint density at radius 3 is 2.95 bits per heavy atom. The van der Waals surface area contributed by atoms with Gasteiger partial charge in [0.05, 0.1) is 0 Å². The van der Waals surface area contributed by atoms with Crippen LogP contribution in [0.15, 0.2) is 24.4 Å². The minimum Gasteiger partial charge on any atom is -0.301 e. The molecule has 1 aliphatic rings. The van der Waals surface area contributed by atoms with Gasteiger partial charge in [0.2, 0.25) is 0 Å². The molecule has 1 fully saturated rings. The number of aromatic amines is 1. The molecule has 6 heteroatoms. The number of nitrogens with one attached hydrogen (secondary N) is 1. The van der Waals surface area contributed by atoms with E-state index >= 15 is 0 Å². The van der Waals surface area contributed by atoms with Gasteiger partial charge in [0.15, 0.2) is 10.6 Å². The topological polar surface area (TPSA) is 49.7 Å². The van der Waals surface area contributed by atoms with Crippen molar-refractivity contribution in [1.82, 2.24) is 24.6 Å². The molecule has 0 bridgehead atoms. The summed E-state index contributed by atoms with van der Waals surface area (Å²) >= 11 is 5.39. The molecule has 1 unspecified atom stereocenters. The van der Waals surface area contributed by atoms with Gasteiger partial charge in [0.25, 0.3) is 0 Å². The zero-order chi connectivity index (χ0) is 14.8. The molecule has 0 radical (unpaired) electrons. The lowest BCUT2D eigenvalue weighted by molar-refractivity contribution is 0.260. The summed E-state index contributed by atoms with van der Waals surface area (Å²) in [5.74, 6) is 1.46. The van der Waals surface area contributed by atoms with Crippen LogP contribution in [0.3, 0.4) is 0 Å². The van der Waals surface area contributed by atoms with Crippen molar-refractivity contribution in [2.45, 2.75) is 32.9 Å². The Hall–Kier alpha value is -1.53. The van der Waals surface area contributed by atoms with E-state index in [1.807, 2.05) is 18.2 Å². The van der Waals surface area contributed by atoms with Crippen LogP contribution < -0.4 is 0 Å². The summed E-state index contributed by atoms with van der Waals surface area (Å²) in [6, 6.07) is 6.46. The number of hydrogen-bond donors (Lipinski definition) is 1. The third-order valence-corrected chi connectivity index (χ3v) is 4.45. The molecule has 1 saturated heterocycles. The van der Waals surface area contributed by atoms with E-state index in [1.54, 1.807) is 6.20 Å². The van der Waals surface area contributed by atoms with E-state index in [2.05, 4.69) is 38.5 Å². The first kappa shape index (κ1) is 14.4. The number of hydrogen-bond acceptors (Lipinski definition) is 4. The first-order chi connectivity index (χ1) is 10.1. The molecule has 5 nitrogen and oxygen atoms in total. The molecule has 0 aliphatic carbocycles. The molecule has 3 rings (SSSR count). The van der Waals surface area contributed by atoms with Crippen LogP contribution >= 0.6 is 12.2 Å². The zero-order valence-corrected chi connectivity index (χ0v) is 13.3. The molecule has 3 heterocycles. The van der Waals surface area contributed by atoms with Crippen molar-refractivity contribution < 1.29 is 0 Å². The Balaban J connectivity index is 1.81. The third-order valence-electron chi connectivity index (χ3n) is 4.14. The molecule has 1 N–H and O–H groups in total. The third kappa shape index (κ3) is 3.06. The van der Waals surface area contributed by atoms with E-state index in [0.29, 0.717) is 16.7 Å². The number of H-pyrrole nitrogens is 1. The Kier molecular flexibility index (Phi) is 4.17. The van der Waals surface area contributed by atoms with Crippen molar-refractivity contribution in [1.29, 1.82) is 0 Å². The van der Waals surface area contributed by atoms with Gasteiger partial charge in [-0.3, -0.25) is 14.6 Å². The van der Waals surface area contributed by atoms with E-state index in [-0.39, 0.29) is 0 Å². The van der Waals surface area contributed by atoms with Crippen molar-refractivity contribution in [3.63, 3.8) is 0 Å². The number of aromatic nitrogens is 4. The largest absolute Gasteiger partial charge is 0.301 e. The fourth-order valence-electron chi connectivity index (χ4n) is 2.92. The smallest absolute Gasteiger partial charge is 0.195 e. The van der Waals surface area contributed by atoms with Gasteiger partial charge >= 0.3 is 0 Å². The average molecular weight is 303 g/mol. The van der Waals surface area contributed by atoms with Crippen molar-refractivity contribution in [2.75, 3.05) is 13.1 Å². The quantitative estimate of drug-likeness (QED) is 0.882. The lowest BCUT2D eigenvalue weighted by atomic mass is 10.1. The number of nitrogens with zero attached hydrogens (tertiary/aromatic N) is 4. The minimum atomic E-state index is 0.614. The summed E-state index contributed by atoms with van der Waals surface area (Å²) in [7, 11) is 0. The first-order valence-corrected chi connectivity index (χ1v) is 7.86. The van der Waals surface area contributed by atoms with E-state index in [9.17, 15) is 0 Å². The monoisotopic (exact) mass is 303 g/mol. The van der Waals surface area contributed by atoms with Gasteiger partial charge in [-0.15, -0.1) is 0 Å². The molecule has 0 saturated carbocycles. The predicted octanol–water partition coefficient (Wildman–Crippen LogP) is 2.73. The molecular formula is C15H21N5S. The maximum atomic E-state index is 5.39. The second-order valence-electron chi connectivity index (χ2n) is 5.92. The second kappa shape index (κ2) is 6.07. The molecule has 2 aromatic rings. The summed E-state index contributed by atoms with van der Waals surface area (Å²) in [5, 5.41) is 7.26. The maximum absolute atomic E-state index is 5.39. The van der Waals surface area contributed by atoms with Gasteiger partial charge < -0.3 is 4.90 Å². The molecular weight excluding hydrogens is 282 g/mol. The standard InChI is InChI=1S/C15H21N5S/c1-11(2)19-8-6-12(9-19)10-20-14(17-18-15(20)21)13-5-3-4-7-16-13/h3-5,7,11-12H,6,8-10H2,1-2H3,(H,18,21). The molecule has 1 atom stereocenters. The van der Waals surface area contributed by atoms with Crippen LogP contribution in [0.5, 0.6) is 0 Å². The Morgan fingerprint density at radius 1 is 1.43 bits per heavy atom. The zero-order valence-electron chi connectivity index (χ0n) is 12.5. The molecule has 2 aromatic heterocycles. The Labute approximate surface area is 130 Å². The number of likely N-dealkylation sites (tertiary alicyclic amines) is 1. The highest BCUT2D eigenvalue weighted by Gasteiger charge is 2.25. The van der Waals surface area contributed by atoms with Gasteiger partial charge in [-0.1, -0.05) is 6.07 Å².